The average molecular weight is 648 g/mol. The quantitative estimate of drug-likeness (QED) is 0.332. The van der Waals surface area contributed by atoms with E-state index in [4.69, 9.17) is 25.8 Å². The Morgan fingerprint density at radius 2 is 1.43 bits per heavy atom. The third-order valence-corrected chi connectivity index (χ3v) is 9.75. The molecular weight excluding hydrogens is 617 g/mol. The zero-order valence-electron chi connectivity index (χ0n) is 24.8. The van der Waals surface area contributed by atoms with Gasteiger partial charge in [0, 0.05) is 29.9 Å². The molecule has 1 fully saturated rings. The SMILES string of the molecule is COc1cc(NS(=O)(=O)c2ccc(Cl)cc2)c(C(=O)Nc2ccc(S(=O)(=O)N3CC(C)OC(C)C3)cc2)cc1OC.[H-].[Na+]. The summed E-state index contributed by atoms with van der Waals surface area (Å²) in [4.78, 5) is 13.4. The van der Waals surface area contributed by atoms with E-state index in [1.165, 1.54) is 79.2 Å². The van der Waals surface area contributed by atoms with Gasteiger partial charge in [-0.1, -0.05) is 11.6 Å². The maximum atomic E-state index is 13.4. The van der Waals surface area contributed by atoms with Gasteiger partial charge < -0.3 is 21.0 Å². The molecular formula is C27H31ClN3NaO8S2. The number of nitrogens with zero attached hydrogens (tertiary/aromatic N) is 1. The average Bonchev–Trinajstić information content (AvgIpc) is 2.92. The molecule has 15 heteroatoms. The van der Waals surface area contributed by atoms with E-state index in [1.54, 1.807) is 0 Å². The third-order valence-electron chi connectivity index (χ3n) is 6.27. The fourth-order valence-electron chi connectivity index (χ4n) is 4.35. The van der Waals surface area contributed by atoms with Crippen molar-refractivity contribution < 1.29 is 66.8 Å². The molecule has 1 saturated heterocycles. The molecule has 2 unspecified atom stereocenters. The third kappa shape index (κ3) is 7.77. The Morgan fingerprint density at radius 1 is 0.905 bits per heavy atom. The molecule has 1 amide bonds. The molecule has 42 heavy (non-hydrogen) atoms. The first-order chi connectivity index (χ1) is 19.3. The molecule has 2 atom stereocenters. The summed E-state index contributed by atoms with van der Waals surface area (Å²) in [5.41, 5.74) is 0.164. The number of methoxy groups -OCH3 is 2. The summed E-state index contributed by atoms with van der Waals surface area (Å²) in [7, 11) is -5.12. The van der Waals surface area contributed by atoms with Crippen molar-refractivity contribution >= 4 is 48.9 Å². The van der Waals surface area contributed by atoms with E-state index in [1.807, 2.05) is 13.8 Å². The van der Waals surface area contributed by atoms with E-state index >= 15 is 0 Å². The van der Waals surface area contributed by atoms with E-state index in [0.29, 0.717) is 10.7 Å². The minimum Gasteiger partial charge on any atom is -1.00 e. The first-order valence-corrected chi connectivity index (χ1v) is 15.8. The molecule has 0 bridgehead atoms. The number of benzene rings is 3. The van der Waals surface area contributed by atoms with Gasteiger partial charge in [-0.15, -0.1) is 0 Å². The largest absolute Gasteiger partial charge is 1.00 e. The van der Waals surface area contributed by atoms with E-state index < -0.39 is 26.0 Å². The number of morpholine rings is 1. The van der Waals surface area contributed by atoms with Crippen molar-refractivity contribution in [3.63, 3.8) is 0 Å². The van der Waals surface area contributed by atoms with Crippen LogP contribution in [0, 0.1) is 0 Å². The molecule has 0 spiro atoms. The topological polar surface area (TPSA) is 140 Å². The second kappa shape index (κ2) is 14.0. The summed E-state index contributed by atoms with van der Waals surface area (Å²) in [6.45, 7) is 4.10. The molecule has 0 radical (unpaired) electrons. The Balaban J connectivity index is 0.00000323. The van der Waals surface area contributed by atoms with Crippen molar-refractivity contribution in [1.29, 1.82) is 0 Å². The van der Waals surface area contributed by atoms with E-state index in [9.17, 15) is 21.6 Å². The minimum atomic E-state index is -4.11. The monoisotopic (exact) mass is 647 g/mol. The van der Waals surface area contributed by atoms with E-state index in [2.05, 4.69) is 10.0 Å². The number of ether oxygens (including phenoxy) is 3. The fraction of sp³-hybridized carbons (Fsp3) is 0.296. The van der Waals surface area contributed by atoms with Crippen LogP contribution >= 0.6 is 11.6 Å². The molecule has 11 nitrogen and oxygen atoms in total. The van der Waals surface area contributed by atoms with Gasteiger partial charge >= 0.3 is 29.6 Å². The number of nitrogens with one attached hydrogen (secondary N) is 2. The number of anilines is 2. The van der Waals surface area contributed by atoms with Crippen LogP contribution in [0.1, 0.15) is 25.6 Å². The molecule has 0 aromatic heterocycles. The Labute approximate surface area is 274 Å². The van der Waals surface area contributed by atoms with Crippen molar-refractivity contribution in [2.24, 2.45) is 0 Å². The van der Waals surface area contributed by atoms with Crippen molar-refractivity contribution in [2.75, 3.05) is 37.3 Å². The summed E-state index contributed by atoms with van der Waals surface area (Å²) < 4.78 is 72.5. The Kier molecular flexibility index (Phi) is 11.3. The van der Waals surface area contributed by atoms with Crippen LogP contribution in [0.4, 0.5) is 11.4 Å². The summed E-state index contributed by atoms with van der Waals surface area (Å²) >= 11 is 5.88. The first kappa shape index (κ1) is 34.1. The van der Waals surface area contributed by atoms with Crippen LogP contribution in [-0.2, 0) is 24.8 Å². The maximum absolute atomic E-state index is 13.4. The van der Waals surface area contributed by atoms with Crippen molar-refractivity contribution in [3.05, 3.63) is 71.2 Å². The maximum Gasteiger partial charge on any atom is 1.00 e. The Morgan fingerprint density at radius 3 is 1.98 bits per heavy atom. The van der Waals surface area contributed by atoms with Gasteiger partial charge in [-0.2, -0.15) is 4.31 Å². The number of carbonyl (C=O) groups excluding carboxylic acids is 1. The van der Waals surface area contributed by atoms with Crippen LogP contribution in [0.25, 0.3) is 0 Å². The van der Waals surface area contributed by atoms with Crippen molar-refractivity contribution in [3.8, 4) is 11.5 Å². The Bertz CT molecular complexity index is 1630. The number of hydrogen-bond donors (Lipinski definition) is 2. The summed E-state index contributed by atoms with van der Waals surface area (Å²) in [6.07, 6.45) is -0.472. The molecule has 1 aliphatic heterocycles. The molecule has 3 aromatic rings. The van der Waals surface area contributed by atoms with Gasteiger partial charge in [-0.3, -0.25) is 9.52 Å². The second-order valence-corrected chi connectivity index (χ2v) is 13.4. The predicted molar refractivity (Wildman–Crippen MR) is 156 cm³/mol. The predicted octanol–water partition coefficient (Wildman–Crippen LogP) is 1.32. The molecule has 2 N–H and O–H groups in total. The number of hydrogen-bond acceptors (Lipinski definition) is 8. The summed E-state index contributed by atoms with van der Waals surface area (Å²) in [5.74, 6) is -0.284. The van der Waals surface area contributed by atoms with E-state index in [-0.39, 0.29) is 88.8 Å². The first-order valence-electron chi connectivity index (χ1n) is 12.5. The number of amides is 1. The van der Waals surface area contributed by atoms with Gasteiger partial charge in [0.2, 0.25) is 10.0 Å². The minimum absolute atomic E-state index is 0. The zero-order valence-corrected chi connectivity index (χ0v) is 28.1. The van der Waals surface area contributed by atoms with Gasteiger partial charge in [-0.25, -0.2) is 16.8 Å². The van der Waals surface area contributed by atoms with Crippen LogP contribution in [0.15, 0.2) is 70.5 Å². The number of rotatable bonds is 9. The molecule has 222 valence electrons. The van der Waals surface area contributed by atoms with E-state index in [0.717, 1.165) is 0 Å². The number of sulfonamides is 2. The van der Waals surface area contributed by atoms with Crippen LogP contribution in [0.2, 0.25) is 5.02 Å². The van der Waals surface area contributed by atoms with Gasteiger partial charge in [0.1, 0.15) is 0 Å². The second-order valence-electron chi connectivity index (χ2n) is 9.37. The van der Waals surface area contributed by atoms with Gasteiger partial charge in [0.05, 0.1) is 47.5 Å². The van der Waals surface area contributed by atoms with Gasteiger partial charge in [-0.05, 0) is 68.4 Å². The molecule has 3 aromatic carbocycles. The van der Waals surface area contributed by atoms with Crippen molar-refractivity contribution in [1.82, 2.24) is 4.31 Å². The zero-order chi connectivity index (χ0) is 29.9. The van der Waals surface area contributed by atoms with Crippen molar-refractivity contribution in [2.45, 2.75) is 35.8 Å². The molecule has 1 heterocycles. The molecule has 4 rings (SSSR count). The molecule has 0 aliphatic carbocycles. The summed E-state index contributed by atoms with van der Waals surface area (Å²) in [5, 5.41) is 3.04. The number of halogens is 1. The van der Waals surface area contributed by atoms with Crippen LogP contribution in [-0.4, -0.2) is 66.6 Å². The van der Waals surface area contributed by atoms with Crippen LogP contribution < -0.4 is 49.1 Å². The summed E-state index contributed by atoms with van der Waals surface area (Å²) in [6, 6.07) is 13.9. The normalized spacial score (nSPS) is 17.5. The standard InChI is InChI=1S/C27H30ClN3O8S2.Na.H/c1-17-15-31(16-18(2)39-17)41(35,36)22-11-7-20(8-12-22)29-27(32)23-13-25(37-3)26(38-4)14-24(23)30-40(33,34)21-9-5-19(28)6-10-21;;/h5-14,17-18,30H,15-16H2,1-4H3,(H,29,32);;/q;+1;-1. The molecule has 1 aliphatic rings. The van der Waals surface area contributed by atoms with Gasteiger partial charge in [0.15, 0.2) is 11.5 Å². The number of carbonyl (C=O) groups is 1. The fourth-order valence-corrected chi connectivity index (χ4v) is 7.14. The molecule has 0 saturated carbocycles. The smallest absolute Gasteiger partial charge is 1.00 e. The van der Waals surface area contributed by atoms with Crippen LogP contribution in [0.3, 0.4) is 0 Å². The van der Waals surface area contributed by atoms with Crippen LogP contribution in [0.5, 0.6) is 11.5 Å². The van der Waals surface area contributed by atoms with Gasteiger partial charge in [0.25, 0.3) is 15.9 Å². The Hall–Kier alpha value is -2.36.